The van der Waals surface area contributed by atoms with Crippen molar-refractivity contribution in [2.75, 3.05) is 7.11 Å². The number of aliphatic hydroxyl groups excluding tert-OH is 1. The number of carbonyl (C=O) groups excluding carboxylic acids is 1. The van der Waals surface area contributed by atoms with Gasteiger partial charge in [0.25, 0.3) is 5.91 Å². The van der Waals surface area contributed by atoms with Crippen LogP contribution in [0, 0.1) is 0 Å². The van der Waals surface area contributed by atoms with E-state index in [-0.39, 0.29) is 23.2 Å². The minimum Gasteiger partial charge on any atom is -0.497 e. The maximum Gasteiger partial charge on any atom is 0.335 e. The van der Waals surface area contributed by atoms with E-state index >= 15 is 0 Å². The maximum absolute atomic E-state index is 12.3. The number of ether oxygens (including phenoxy) is 1. The van der Waals surface area contributed by atoms with Gasteiger partial charge in [-0.3, -0.25) is 4.79 Å². The van der Waals surface area contributed by atoms with Crippen LogP contribution in [-0.2, 0) is 6.54 Å². The van der Waals surface area contributed by atoms with Gasteiger partial charge in [-0.1, -0.05) is 12.1 Å². The summed E-state index contributed by atoms with van der Waals surface area (Å²) in [6, 6.07) is 10.4. The Morgan fingerprint density at radius 3 is 2.33 bits per heavy atom. The number of nitrogens with one attached hydrogen (secondary N) is 1. The lowest BCUT2D eigenvalue weighted by atomic mass is 10.1. The Kier molecular flexibility index (Phi) is 5.51. The molecule has 0 aromatic heterocycles. The monoisotopic (exact) mass is 331 g/mol. The third kappa shape index (κ3) is 4.09. The van der Waals surface area contributed by atoms with Crippen LogP contribution in [0.3, 0.4) is 0 Å². The molecule has 4 N–H and O–H groups in total. The molecule has 0 saturated carbocycles. The molecule has 0 spiro atoms. The zero-order valence-electron chi connectivity index (χ0n) is 12.9. The molecule has 126 valence electrons. The zero-order valence-corrected chi connectivity index (χ0v) is 12.9. The molecule has 0 atom stereocenters. The van der Waals surface area contributed by atoms with Crippen LogP contribution in [0.5, 0.6) is 5.75 Å². The first-order chi connectivity index (χ1) is 11.4. The SMILES string of the molecule is COc1ccc(C(O)O)c(C(=O)NCc2ccc(C(=O)O)cc2)c1. The third-order valence-electron chi connectivity index (χ3n) is 3.44. The Hall–Kier alpha value is -2.90. The van der Waals surface area contributed by atoms with Gasteiger partial charge in [0.15, 0.2) is 6.29 Å². The summed E-state index contributed by atoms with van der Waals surface area (Å²) in [6.07, 6.45) is -1.79. The average molecular weight is 331 g/mol. The molecule has 2 rings (SSSR count). The van der Waals surface area contributed by atoms with Gasteiger partial charge in [0.1, 0.15) is 5.75 Å². The lowest BCUT2D eigenvalue weighted by molar-refractivity contribution is -0.0430. The van der Waals surface area contributed by atoms with E-state index in [9.17, 15) is 19.8 Å². The van der Waals surface area contributed by atoms with Crippen molar-refractivity contribution in [1.82, 2.24) is 5.32 Å². The van der Waals surface area contributed by atoms with E-state index in [4.69, 9.17) is 9.84 Å². The number of aliphatic hydroxyl groups is 2. The van der Waals surface area contributed by atoms with Crippen LogP contribution >= 0.6 is 0 Å². The molecule has 0 saturated heterocycles. The smallest absolute Gasteiger partial charge is 0.335 e. The molecule has 7 heteroatoms. The first-order valence-electron chi connectivity index (χ1n) is 7.07. The summed E-state index contributed by atoms with van der Waals surface area (Å²) in [4.78, 5) is 23.1. The predicted octanol–water partition coefficient (Wildman–Crippen LogP) is 1.31. The Labute approximate surface area is 138 Å². The molecule has 0 bridgehead atoms. The van der Waals surface area contributed by atoms with Gasteiger partial charge in [0.2, 0.25) is 0 Å². The summed E-state index contributed by atoms with van der Waals surface area (Å²) in [5.41, 5.74) is 1.02. The van der Waals surface area contributed by atoms with Gasteiger partial charge in [-0.05, 0) is 35.9 Å². The van der Waals surface area contributed by atoms with Crippen molar-refractivity contribution in [3.63, 3.8) is 0 Å². The summed E-state index contributed by atoms with van der Waals surface area (Å²) < 4.78 is 5.04. The van der Waals surface area contributed by atoms with E-state index in [0.717, 1.165) is 0 Å². The highest BCUT2D eigenvalue weighted by Gasteiger charge is 2.17. The number of amides is 1. The van der Waals surface area contributed by atoms with Crippen LogP contribution < -0.4 is 10.1 Å². The Balaban J connectivity index is 2.13. The lowest BCUT2D eigenvalue weighted by Gasteiger charge is -2.13. The Morgan fingerprint density at radius 2 is 1.79 bits per heavy atom. The number of hydrogen-bond donors (Lipinski definition) is 4. The molecule has 0 aliphatic heterocycles. The highest BCUT2D eigenvalue weighted by atomic mass is 16.5. The van der Waals surface area contributed by atoms with Gasteiger partial charge in [0, 0.05) is 12.1 Å². The normalized spacial score (nSPS) is 10.5. The van der Waals surface area contributed by atoms with E-state index < -0.39 is 18.2 Å². The van der Waals surface area contributed by atoms with Crippen LogP contribution in [0.2, 0.25) is 0 Å². The number of carboxylic acid groups (broad SMARTS) is 1. The number of hydrogen-bond acceptors (Lipinski definition) is 5. The third-order valence-corrected chi connectivity index (χ3v) is 3.44. The largest absolute Gasteiger partial charge is 0.497 e. The quantitative estimate of drug-likeness (QED) is 0.593. The molecule has 0 heterocycles. The van der Waals surface area contributed by atoms with E-state index in [0.29, 0.717) is 11.3 Å². The molecule has 0 unspecified atom stereocenters. The minimum atomic E-state index is -1.79. The summed E-state index contributed by atoms with van der Waals surface area (Å²) in [5, 5.41) is 30.2. The standard InChI is InChI=1S/C17H17NO6/c1-24-12-6-7-13(17(22)23)14(8-12)15(19)18-9-10-2-4-11(5-3-10)16(20)21/h2-8,17,22-23H,9H2,1H3,(H,18,19)(H,20,21). The number of carbonyl (C=O) groups is 2. The minimum absolute atomic E-state index is 0.0644. The van der Waals surface area contributed by atoms with Gasteiger partial charge < -0.3 is 25.4 Å². The van der Waals surface area contributed by atoms with Crippen LogP contribution in [0.4, 0.5) is 0 Å². The van der Waals surface area contributed by atoms with Crippen LogP contribution in [0.25, 0.3) is 0 Å². The van der Waals surface area contributed by atoms with Crippen molar-refractivity contribution in [1.29, 1.82) is 0 Å². The zero-order chi connectivity index (χ0) is 17.7. The van der Waals surface area contributed by atoms with E-state index in [1.54, 1.807) is 12.1 Å². The first-order valence-corrected chi connectivity index (χ1v) is 7.07. The highest BCUT2D eigenvalue weighted by molar-refractivity contribution is 5.96. The van der Waals surface area contributed by atoms with Crippen molar-refractivity contribution in [3.8, 4) is 5.75 Å². The van der Waals surface area contributed by atoms with Crippen molar-refractivity contribution in [2.45, 2.75) is 12.8 Å². The van der Waals surface area contributed by atoms with Crippen LogP contribution in [0.15, 0.2) is 42.5 Å². The molecule has 0 fully saturated rings. The number of methoxy groups -OCH3 is 1. The number of carboxylic acids is 1. The summed E-state index contributed by atoms with van der Waals surface area (Å²) >= 11 is 0. The van der Waals surface area contributed by atoms with Gasteiger partial charge in [-0.25, -0.2) is 4.79 Å². The molecule has 0 aliphatic carbocycles. The molecular formula is C17H17NO6. The number of aromatic carboxylic acids is 1. The second-order valence-corrected chi connectivity index (χ2v) is 5.01. The number of benzene rings is 2. The summed E-state index contributed by atoms with van der Waals surface area (Å²) in [6.45, 7) is 0.164. The molecule has 0 radical (unpaired) electrons. The van der Waals surface area contributed by atoms with E-state index in [1.165, 1.54) is 37.4 Å². The van der Waals surface area contributed by atoms with Gasteiger partial charge in [0.05, 0.1) is 18.2 Å². The maximum atomic E-state index is 12.3. The Morgan fingerprint density at radius 1 is 1.12 bits per heavy atom. The summed E-state index contributed by atoms with van der Waals surface area (Å²) in [7, 11) is 1.44. The second kappa shape index (κ2) is 7.58. The fourth-order valence-corrected chi connectivity index (χ4v) is 2.13. The number of rotatable bonds is 6. The molecule has 1 amide bonds. The lowest BCUT2D eigenvalue weighted by Crippen LogP contribution is -2.24. The first kappa shape index (κ1) is 17.5. The van der Waals surface area contributed by atoms with Crippen molar-refractivity contribution < 1.29 is 29.6 Å². The van der Waals surface area contributed by atoms with Crippen LogP contribution in [-0.4, -0.2) is 34.3 Å². The van der Waals surface area contributed by atoms with Crippen molar-refractivity contribution in [2.24, 2.45) is 0 Å². The fourth-order valence-electron chi connectivity index (χ4n) is 2.13. The molecule has 2 aromatic rings. The highest BCUT2D eigenvalue weighted by Crippen LogP contribution is 2.22. The van der Waals surface area contributed by atoms with Crippen LogP contribution in [0.1, 0.15) is 38.1 Å². The van der Waals surface area contributed by atoms with E-state index in [2.05, 4.69) is 5.32 Å². The topological polar surface area (TPSA) is 116 Å². The van der Waals surface area contributed by atoms with E-state index in [1.807, 2.05) is 0 Å². The molecule has 24 heavy (non-hydrogen) atoms. The van der Waals surface area contributed by atoms with Gasteiger partial charge >= 0.3 is 5.97 Å². The summed E-state index contributed by atoms with van der Waals surface area (Å²) in [5.74, 6) is -1.11. The molecule has 0 aliphatic rings. The van der Waals surface area contributed by atoms with Gasteiger partial charge in [-0.2, -0.15) is 0 Å². The molecule has 7 nitrogen and oxygen atoms in total. The van der Waals surface area contributed by atoms with Crippen molar-refractivity contribution >= 4 is 11.9 Å². The molecule has 2 aromatic carbocycles. The predicted molar refractivity (Wildman–Crippen MR) is 84.7 cm³/mol. The average Bonchev–Trinajstić information content (AvgIpc) is 2.59. The molecular weight excluding hydrogens is 314 g/mol. The Bertz CT molecular complexity index is 739. The van der Waals surface area contributed by atoms with Gasteiger partial charge in [-0.15, -0.1) is 0 Å². The van der Waals surface area contributed by atoms with Crippen molar-refractivity contribution in [3.05, 3.63) is 64.7 Å². The second-order valence-electron chi connectivity index (χ2n) is 5.01. The fraction of sp³-hybridized carbons (Fsp3) is 0.176.